The monoisotopic (exact) mass is 756 g/mol. The molecule has 1 saturated heterocycles. The standard InChI is InChI=1S/C15H25NO2.C13H17N3O2.C13H10N2O2S/c1-3-4-5-6-7-8-12-11-13(12)14(17)16-18-15(2)9-10-15;14-13(18)11-7-4-8-16(11)12(17)9-15-10-5-2-1-3-6-10;1-17-8-4-5-9-10(7-8)14-12(13(16)15-9)11-3-2-6-18-11/h7-8,12-13H,3-6,9-11H2,1-2H3,(H,16,17);1-3,5-6,11,15H,4,7-9H2,(H2,14,18);2-7H,1H3,(H,15,16)/b8-7-;;. The Labute approximate surface area is 320 Å². The summed E-state index contributed by atoms with van der Waals surface area (Å²) in [5.41, 5.74) is 10.4. The van der Waals surface area contributed by atoms with Crippen LogP contribution < -0.4 is 26.8 Å². The Morgan fingerprint density at radius 3 is 2.59 bits per heavy atom. The van der Waals surface area contributed by atoms with E-state index in [9.17, 15) is 19.2 Å². The van der Waals surface area contributed by atoms with Crippen molar-refractivity contribution in [2.75, 3.05) is 25.5 Å². The van der Waals surface area contributed by atoms with E-state index in [1.165, 1.54) is 30.6 Å². The van der Waals surface area contributed by atoms with E-state index < -0.39 is 11.9 Å². The van der Waals surface area contributed by atoms with Gasteiger partial charge in [-0.2, -0.15) is 0 Å². The Morgan fingerprint density at radius 2 is 1.91 bits per heavy atom. The maximum atomic E-state index is 12.0. The van der Waals surface area contributed by atoms with Gasteiger partial charge in [0.25, 0.3) is 5.56 Å². The first-order valence-corrected chi connectivity index (χ1v) is 19.6. The summed E-state index contributed by atoms with van der Waals surface area (Å²) < 4.78 is 5.15. The number of carbonyl (C=O) groups is 3. The van der Waals surface area contributed by atoms with Gasteiger partial charge in [0.2, 0.25) is 17.7 Å². The molecule has 3 unspecified atom stereocenters. The number of para-hydroxylation sites is 1. The number of nitrogens with two attached hydrogens (primary N) is 1. The van der Waals surface area contributed by atoms with E-state index in [4.69, 9.17) is 15.3 Å². The molecule has 2 aliphatic carbocycles. The summed E-state index contributed by atoms with van der Waals surface area (Å²) in [5, 5.41) is 4.96. The van der Waals surface area contributed by atoms with Crippen LogP contribution in [0.1, 0.15) is 71.6 Å². The number of hydrogen-bond donors (Lipinski definition) is 4. The van der Waals surface area contributed by atoms with Crippen LogP contribution in [0.4, 0.5) is 5.69 Å². The number of amides is 3. The molecule has 4 aromatic rings. The van der Waals surface area contributed by atoms with Crippen molar-refractivity contribution in [3.8, 4) is 16.3 Å². The zero-order valence-electron chi connectivity index (χ0n) is 31.3. The molecule has 1 aliphatic heterocycles. The minimum atomic E-state index is -0.435. The average Bonchev–Trinajstić information content (AvgIpc) is 3.95. The average molecular weight is 757 g/mol. The number of aromatic amines is 1. The molecule has 3 atom stereocenters. The van der Waals surface area contributed by atoms with Crippen molar-refractivity contribution < 1.29 is 24.0 Å². The van der Waals surface area contributed by atoms with E-state index in [1.54, 1.807) is 24.1 Å². The van der Waals surface area contributed by atoms with Crippen LogP contribution >= 0.6 is 11.3 Å². The molecule has 3 fully saturated rings. The van der Waals surface area contributed by atoms with Crippen LogP contribution in [0.5, 0.6) is 5.75 Å². The second-order valence-corrected chi connectivity index (χ2v) is 15.0. The highest BCUT2D eigenvalue weighted by Gasteiger charge is 2.44. The summed E-state index contributed by atoms with van der Waals surface area (Å²) in [5.74, 6) is 0.878. The van der Waals surface area contributed by atoms with Crippen LogP contribution in [0.2, 0.25) is 0 Å². The number of allylic oxidation sites excluding steroid dienone is 2. The quantitative estimate of drug-likeness (QED) is 0.0635. The summed E-state index contributed by atoms with van der Waals surface area (Å²) >= 11 is 1.49. The third-order valence-corrected chi connectivity index (χ3v) is 10.5. The van der Waals surface area contributed by atoms with Crippen molar-refractivity contribution in [2.24, 2.45) is 17.6 Å². The predicted octanol–water partition coefficient (Wildman–Crippen LogP) is 6.59. The van der Waals surface area contributed by atoms with Crippen LogP contribution in [0.25, 0.3) is 21.6 Å². The number of likely N-dealkylation sites (tertiary alicyclic amines) is 1. The molecule has 0 bridgehead atoms. The first kappa shape index (κ1) is 40.2. The van der Waals surface area contributed by atoms with Gasteiger partial charge < -0.3 is 25.7 Å². The first-order chi connectivity index (χ1) is 26.1. The second kappa shape index (κ2) is 19.4. The Morgan fingerprint density at radius 1 is 1.11 bits per heavy atom. The van der Waals surface area contributed by atoms with Gasteiger partial charge in [0.15, 0.2) is 0 Å². The molecule has 2 aromatic heterocycles. The summed E-state index contributed by atoms with van der Waals surface area (Å²) in [7, 11) is 1.60. The number of nitrogens with zero attached hydrogens (tertiary/aromatic N) is 2. The number of aromatic nitrogens is 2. The van der Waals surface area contributed by atoms with E-state index >= 15 is 0 Å². The minimum absolute atomic E-state index is 0.0614. The number of hydrogen-bond acceptors (Lipinski definition) is 9. The number of carbonyl (C=O) groups excluding carboxylic acids is 3. The smallest absolute Gasteiger partial charge is 0.275 e. The van der Waals surface area contributed by atoms with Gasteiger partial charge in [-0.05, 0) is 93.5 Å². The van der Waals surface area contributed by atoms with E-state index in [1.807, 2.05) is 60.8 Å². The Hall–Kier alpha value is -5.01. The summed E-state index contributed by atoms with van der Waals surface area (Å²) in [6, 6.07) is 18.2. The largest absolute Gasteiger partial charge is 0.497 e. The van der Waals surface area contributed by atoms with Crippen LogP contribution in [0, 0.1) is 11.8 Å². The molecule has 3 amide bonds. The molecule has 5 N–H and O–H groups in total. The number of thiophene rings is 1. The van der Waals surface area contributed by atoms with Crippen molar-refractivity contribution in [1.82, 2.24) is 20.3 Å². The van der Waals surface area contributed by atoms with Crippen LogP contribution in [0.3, 0.4) is 0 Å². The number of nitrogens with one attached hydrogen (secondary N) is 3. The van der Waals surface area contributed by atoms with Crippen molar-refractivity contribution >= 4 is 45.8 Å². The van der Waals surface area contributed by atoms with E-state index in [0.717, 1.165) is 53.9 Å². The van der Waals surface area contributed by atoms with Crippen molar-refractivity contribution in [1.29, 1.82) is 0 Å². The van der Waals surface area contributed by atoms with Crippen molar-refractivity contribution in [3.05, 3.63) is 88.5 Å². The van der Waals surface area contributed by atoms with E-state index in [-0.39, 0.29) is 35.4 Å². The minimum Gasteiger partial charge on any atom is -0.497 e. The van der Waals surface area contributed by atoms with Gasteiger partial charge in [0.1, 0.15) is 17.5 Å². The molecule has 288 valence electrons. The van der Waals surface area contributed by atoms with Crippen LogP contribution in [-0.4, -0.2) is 64.4 Å². The number of fused-ring (bicyclic) bond motifs is 1. The third-order valence-electron chi connectivity index (χ3n) is 9.66. The number of hydroxylamine groups is 1. The SMILES string of the molecule is CCCCC/C=C\C1CC1C(=O)NOC1(C)CC1.COc1ccc2[nH]c(=O)c(-c3cccs3)nc2c1.NC(=O)C1CCCN1C(=O)CNc1ccccc1. The summed E-state index contributed by atoms with van der Waals surface area (Å²) in [6.45, 7) is 5.05. The third kappa shape index (κ3) is 11.7. The molecule has 7 rings (SSSR count). The fourth-order valence-corrected chi connectivity index (χ4v) is 6.72. The number of rotatable bonds is 14. The molecule has 2 aromatic carbocycles. The molecule has 0 radical (unpaired) electrons. The van der Waals surface area contributed by atoms with Gasteiger partial charge in [-0.25, -0.2) is 10.5 Å². The highest BCUT2D eigenvalue weighted by Crippen LogP contribution is 2.41. The number of H-pyrrole nitrogens is 1. The molecule has 54 heavy (non-hydrogen) atoms. The van der Waals surface area contributed by atoms with E-state index in [2.05, 4.69) is 39.8 Å². The van der Waals surface area contributed by atoms with Gasteiger partial charge in [0.05, 0.1) is 35.2 Å². The molecule has 0 spiro atoms. The Balaban J connectivity index is 0.000000156. The number of ether oxygens (including phenoxy) is 1. The van der Waals surface area contributed by atoms with Gasteiger partial charge in [-0.1, -0.05) is 56.2 Å². The maximum Gasteiger partial charge on any atom is 0.275 e. The highest BCUT2D eigenvalue weighted by atomic mass is 32.1. The van der Waals surface area contributed by atoms with Crippen molar-refractivity contribution in [2.45, 2.75) is 83.3 Å². The normalized spacial score (nSPS) is 19.2. The molecule has 2 saturated carbocycles. The zero-order valence-corrected chi connectivity index (χ0v) is 32.2. The van der Waals surface area contributed by atoms with Gasteiger partial charge in [0, 0.05) is 24.2 Å². The fourth-order valence-electron chi connectivity index (χ4n) is 6.01. The summed E-state index contributed by atoms with van der Waals surface area (Å²) in [4.78, 5) is 61.9. The van der Waals surface area contributed by atoms with Crippen LogP contribution in [0.15, 0.2) is 83.0 Å². The number of primary amides is 1. The first-order valence-electron chi connectivity index (χ1n) is 18.7. The van der Waals surface area contributed by atoms with Gasteiger partial charge in [-0.15, -0.1) is 11.3 Å². The fraction of sp³-hybridized carbons (Fsp3) is 0.439. The maximum absolute atomic E-state index is 12.0. The Bertz CT molecular complexity index is 1930. The van der Waals surface area contributed by atoms with Gasteiger partial charge in [-0.3, -0.25) is 24.0 Å². The topological polar surface area (TPSA) is 169 Å². The lowest BCUT2D eigenvalue weighted by molar-refractivity contribution is -0.141. The molecular weight excluding hydrogens is 705 g/mol. The summed E-state index contributed by atoms with van der Waals surface area (Å²) in [6.07, 6.45) is 14.0. The number of methoxy groups -OCH3 is 1. The van der Waals surface area contributed by atoms with Crippen LogP contribution in [-0.2, 0) is 19.2 Å². The molecule has 12 nitrogen and oxygen atoms in total. The molecule has 3 aliphatic rings. The van der Waals surface area contributed by atoms with E-state index in [0.29, 0.717) is 30.1 Å². The Kier molecular flexibility index (Phi) is 14.4. The molecular formula is C41H52N6O6S. The highest BCUT2D eigenvalue weighted by molar-refractivity contribution is 7.13. The van der Waals surface area contributed by atoms with Crippen molar-refractivity contribution in [3.63, 3.8) is 0 Å². The lowest BCUT2D eigenvalue weighted by Gasteiger charge is -2.22. The zero-order chi connectivity index (χ0) is 38.5. The number of benzene rings is 2. The van der Waals surface area contributed by atoms with Gasteiger partial charge >= 0.3 is 0 Å². The molecule has 13 heteroatoms. The predicted molar refractivity (Wildman–Crippen MR) is 213 cm³/mol. The lowest BCUT2D eigenvalue weighted by atomic mass is 10.2. The second-order valence-electron chi connectivity index (χ2n) is 14.1. The lowest BCUT2D eigenvalue weighted by Crippen LogP contribution is -2.45. The number of unbranched alkanes of at least 4 members (excludes halogenated alkanes) is 3. The number of anilines is 1. The molecule has 3 heterocycles.